The molecule has 8 heteroatoms. The summed E-state index contributed by atoms with van der Waals surface area (Å²) < 4.78 is 70.3. The summed E-state index contributed by atoms with van der Waals surface area (Å²) in [5.74, 6) is 0. The molecule has 1 aromatic rings. The van der Waals surface area contributed by atoms with Crippen molar-refractivity contribution in [2.75, 3.05) is 0 Å². The molecular weight excluding hydrogens is 235 g/mol. The van der Waals surface area contributed by atoms with Crippen molar-refractivity contribution in [3.63, 3.8) is 0 Å². The van der Waals surface area contributed by atoms with Gasteiger partial charge in [0.05, 0.1) is 4.90 Å². The van der Waals surface area contributed by atoms with Gasteiger partial charge in [0.15, 0.2) is 0 Å². The highest BCUT2D eigenvalue weighted by Gasteiger charge is 2.27. The maximum absolute atomic E-state index is 12.6. The zero-order chi connectivity index (χ0) is 11.9. The van der Waals surface area contributed by atoms with Crippen molar-refractivity contribution in [3.05, 3.63) is 23.8 Å². The molecule has 0 spiro atoms. The van der Waals surface area contributed by atoms with Crippen LogP contribution >= 0.6 is 0 Å². The highest BCUT2D eigenvalue weighted by molar-refractivity contribution is 7.86. The van der Waals surface area contributed by atoms with Crippen LogP contribution in [0.5, 0.6) is 0 Å². The van der Waals surface area contributed by atoms with Gasteiger partial charge in [0.25, 0.3) is 0 Å². The maximum atomic E-state index is 12.6. The third-order valence-corrected chi connectivity index (χ3v) is 2.82. The van der Waals surface area contributed by atoms with Gasteiger partial charge in [-0.1, -0.05) is 18.2 Å². The molecule has 0 atom stereocenters. The van der Waals surface area contributed by atoms with E-state index in [0.717, 1.165) is 12.1 Å². The van der Waals surface area contributed by atoms with Crippen LogP contribution < -0.4 is 5.46 Å². The largest absolute Gasteiger partial charge is 0.509 e. The van der Waals surface area contributed by atoms with Gasteiger partial charge >= 0.3 is 17.2 Å². The van der Waals surface area contributed by atoms with Crippen LogP contribution in [0, 0.1) is 6.92 Å². The first-order chi connectivity index (χ1) is 6.62. The first kappa shape index (κ1) is 12.0. The van der Waals surface area contributed by atoms with Gasteiger partial charge < -0.3 is 12.9 Å². The second kappa shape index (κ2) is 3.51. The second-order valence-electron chi connectivity index (χ2n) is 3.04. The first-order valence-electron chi connectivity index (χ1n) is 3.87. The molecule has 0 aliphatic carbocycles. The Bertz CT molecular complexity index is 480. The molecule has 0 saturated carbocycles. The van der Waals surface area contributed by atoms with Crippen LogP contribution in [0.25, 0.3) is 0 Å². The summed E-state index contributed by atoms with van der Waals surface area (Å²) in [6, 6.07) is 1.96. The predicted octanol–water partition coefficient (Wildman–Crippen LogP) is 1.71. The number of benzene rings is 1. The van der Waals surface area contributed by atoms with Gasteiger partial charge in [-0.15, -0.1) is 9.35 Å². The molecular formula is C7H6BF4O2S-. The van der Waals surface area contributed by atoms with Gasteiger partial charge in [0.1, 0.15) is 0 Å². The number of hydrogen-bond donors (Lipinski definition) is 0. The molecule has 1 rings (SSSR count). The van der Waals surface area contributed by atoms with Gasteiger partial charge in [-0.3, -0.25) is 0 Å². The lowest BCUT2D eigenvalue weighted by molar-refractivity contribution is 0.501. The minimum Gasteiger partial charge on any atom is -0.445 e. The van der Waals surface area contributed by atoms with E-state index in [1.165, 1.54) is 6.92 Å². The highest BCUT2D eigenvalue weighted by Crippen LogP contribution is 2.18. The molecule has 0 amide bonds. The van der Waals surface area contributed by atoms with Crippen molar-refractivity contribution in [1.29, 1.82) is 0 Å². The summed E-state index contributed by atoms with van der Waals surface area (Å²) >= 11 is 0. The highest BCUT2D eigenvalue weighted by atomic mass is 32.3. The van der Waals surface area contributed by atoms with Crippen LogP contribution in [0.1, 0.15) is 5.56 Å². The van der Waals surface area contributed by atoms with Crippen LogP contribution in [0.3, 0.4) is 0 Å². The fourth-order valence-corrected chi connectivity index (χ4v) is 1.81. The molecule has 0 aromatic heterocycles. The molecule has 15 heavy (non-hydrogen) atoms. The minimum absolute atomic E-state index is 0.0544. The number of halogens is 4. The lowest BCUT2D eigenvalue weighted by Crippen LogP contribution is -2.34. The lowest BCUT2D eigenvalue weighted by Gasteiger charge is -2.15. The van der Waals surface area contributed by atoms with Gasteiger partial charge in [0.2, 0.25) is 0 Å². The van der Waals surface area contributed by atoms with Crippen LogP contribution in [-0.4, -0.2) is 15.4 Å². The number of aryl methyl sites for hydroxylation is 1. The van der Waals surface area contributed by atoms with E-state index in [1.54, 1.807) is 0 Å². The van der Waals surface area contributed by atoms with Crippen molar-refractivity contribution in [2.24, 2.45) is 0 Å². The van der Waals surface area contributed by atoms with Crippen LogP contribution in [-0.2, 0) is 10.2 Å². The second-order valence-corrected chi connectivity index (χ2v) is 4.35. The Morgan fingerprint density at radius 1 is 1.20 bits per heavy atom. The van der Waals surface area contributed by atoms with E-state index in [2.05, 4.69) is 0 Å². The van der Waals surface area contributed by atoms with Gasteiger partial charge in [-0.25, -0.2) is 0 Å². The standard InChI is InChI=1S/C7H6BF4O2S/c1-5-2-3-6(8(9,10)11)4-7(5)15(12,13)14/h2-4H,1H3/q-1. The van der Waals surface area contributed by atoms with E-state index in [-0.39, 0.29) is 5.56 Å². The quantitative estimate of drug-likeness (QED) is 0.448. The van der Waals surface area contributed by atoms with Gasteiger partial charge in [-0.2, -0.15) is 8.42 Å². The lowest BCUT2D eigenvalue weighted by atomic mass is 9.80. The molecule has 84 valence electrons. The van der Waals surface area contributed by atoms with Gasteiger partial charge in [-0.05, 0) is 12.5 Å². The molecule has 0 N–H and O–H groups in total. The minimum atomic E-state index is -5.32. The van der Waals surface area contributed by atoms with Crippen molar-refractivity contribution >= 4 is 22.7 Å². The Balaban J connectivity index is 3.43. The summed E-state index contributed by atoms with van der Waals surface area (Å²) in [5, 5.41) is 0. The van der Waals surface area contributed by atoms with Gasteiger partial charge in [0, 0.05) is 0 Å². The van der Waals surface area contributed by atoms with Crippen molar-refractivity contribution in [2.45, 2.75) is 11.8 Å². The smallest absolute Gasteiger partial charge is 0.445 e. The monoisotopic (exact) mass is 241 g/mol. The summed E-state index contributed by atoms with van der Waals surface area (Å²) in [7, 11) is -5.11. The molecule has 0 radical (unpaired) electrons. The van der Waals surface area contributed by atoms with E-state index in [4.69, 9.17) is 0 Å². The maximum Gasteiger partial charge on any atom is 0.509 e. The Hall–Kier alpha value is -1.05. The van der Waals surface area contributed by atoms with Crippen LogP contribution in [0.4, 0.5) is 16.8 Å². The first-order valence-corrected chi connectivity index (χ1v) is 5.26. The van der Waals surface area contributed by atoms with E-state index in [0.29, 0.717) is 6.07 Å². The summed E-state index contributed by atoms with van der Waals surface area (Å²) in [6.07, 6.45) is 0. The molecule has 2 nitrogen and oxygen atoms in total. The Morgan fingerprint density at radius 3 is 2.13 bits per heavy atom. The SMILES string of the molecule is Cc1ccc([B-](F)(F)F)cc1S(=O)(=O)F. The molecule has 0 unspecified atom stereocenters. The summed E-state index contributed by atoms with van der Waals surface area (Å²) in [5.41, 5.74) is -1.18. The van der Waals surface area contributed by atoms with E-state index < -0.39 is 27.6 Å². The molecule has 0 aliphatic heterocycles. The third kappa shape index (κ3) is 2.71. The topological polar surface area (TPSA) is 34.1 Å². The zero-order valence-corrected chi connectivity index (χ0v) is 8.36. The molecule has 0 bridgehead atoms. The summed E-state index contributed by atoms with van der Waals surface area (Å²) in [4.78, 5) is -0.931. The fraction of sp³-hybridized carbons (Fsp3) is 0.143. The normalized spacial score (nSPS) is 12.9. The fourth-order valence-electron chi connectivity index (χ4n) is 1.08. The van der Waals surface area contributed by atoms with Crippen LogP contribution in [0.15, 0.2) is 23.1 Å². The van der Waals surface area contributed by atoms with Crippen molar-refractivity contribution in [1.82, 2.24) is 0 Å². The Morgan fingerprint density at radius 2 is 1.73 bits per heavy atom. The summed E-state index contributed by atoms with van der Waals surface area (Å²) in [6.45, 7) is -4.10. The Kier molecular flexibility index (Phi) is 2.82. The molecule has 0 fully saturated rings. The number of hydrogen-bond acceptors (Lipinski definition) is 2. The average Bonchev–Trinajstić information content (AvgIpc) is 2.00. The molecule has 0 saturated heterocycles. The van der Waals surface area contributed by atoms with E-state index >= 15 is 0 Å². The average molecular weight is 241 g/mol. The molecule has 0 aliphatic rings. The van der Waals surface area contributed by atoms with Crippen molar-refractivity contribution < 1.29 is 25.3 Å². The number of rotatable bonds is 2. The molecule has 0 heterocycles. The van der Waals surface area contributed by atoms with E-state index in [1.807, 2.05) is 0 Å². The predicted molar refractivity (Wildman–Crippen MR) is 48.2 cm³/mol. The van der Waals surface area contributed by atoms with Crippen LogP contribution in [0.2, 0.25) is 0 Å². The van der Waals surface area contributed by atoms with E-state index in [9.17, 15) is 25.3 Å². The van der Waals surface area contributed by atoms with Crippen molar-refractivity contribution in [3.8, 4) is 0 Å². The molecule has 1 aromatic carbocycles. The third-order valence-electron chi connectivity index (χ3n) is 1.85. The zero-order valence-electron chi connectivity index (χ0n) is 7.55. The Labute approximate surface area is 84.2 Å².